The number of aromatic hydroxyl groups is 1. The van der Waals surface area contributed by atoms with Crippen molar-refractivity contribution in [2.75, 3.05) is 7.11 Å². The largest absolute Gasteiger partial charge is 0.508 e. The van der Waals surface area contributed by atoms with Crippen molar-refractivity contribution in [3.63, 3.8) is 0 Å². The molecule has 2 rings (SSSR count). The molecule has 0 saturated carbocycles. The van der Waals surface area contributed by atoms with E-state index in [1.54, 1.807) is 0 Å². The molecule has 0 saturated heterocycles. The Morgan fingerprint density at radius 1 is 1.16 bits per heavy atom. The van der Waals surface area contributed by atoms with Gasteiger partial charge in [0.25, 0.3) is 0 Å². The van der Waals surface area contributed by atoms with Crippen LogP contribution in [0.25, 0.3) is 11.1 Å². The SMILES string of the molecule is COc1ccc(C(=O)O)cc1-c1ccc(O)cc1F. The lowest BCUT2D eigenvalue weighted by Crippen LogP contribution is -1.98. The number of rotatable bonds is 3. The minimum atomic E-state index is -1.11. The summed E-state index contributed by atoms with van der Waals surface area (Å²) in [5.74, 6) is -1.60. The Kier molecular flexibility index (Phi) is 3.37. The van der Waals surface area contributed by atoms with Crippen LogP contribution in [-0.4, -0.2) is 23.3 Å². The first-order valence-corrected chi connectivity index (χ1v) is 5.43. The molecular formula is C14H11FO4. The molecule has 4 nitrogen and oxygen atoms in total. The molecular weight excluding hydrogens is 251 g/mol. The molecule has 0 fully saturated rings. The molecule has 0 spiro atoms. The molecule has 19 heavy (non-hydrogen) atoms. The summed E-state index contributed by atoms with van der Waals surface area (Å²) in [6, 6.07) is 7.83. The molecule has 2 N–H and O–H groups in total. The van der Waals surface area contributed by atoms with Crippen LogP contribution >= 0.6 is 0 Å². The Hall–Kier alpha value is -2.56. The van der Waals surface area contributed by atoms with Gasteiger partial charge in [-0.05, 0) is 30.3 Å². The molecule has 0 unspecified atom stereocenters. The predicted molar refractivity (Wildman–Crippen MR) is 67.0 cm³/mol. The smallest absolute Gasteiger partial charge is 0.335 e. The minimum Gasteiger partial charge on any atom is -0.508 e. The van der Waals surface area contributed by atoms with Gasteiger partial charge in [-0.15, -0.1) is 0 Å². The fourth-order valence-corrected chi connectivity index (χ4v) is 1.77. The van der Waals surface area contributed by atoms with E-state index in [9.17, 15) is 14.3 Å². The number of aromatic carboxylic acids is 1. The number of methoxy groups -OCH3 is 1. The first-order valence-electron chi connectivity index (χ1n) is 5.43. The van der Waals surface area contributed by atoms with Crippen LogP contribution < -0.4 is 4.74 Å². The van der Waals surface area contributed by atoms with Crippen molar-refractivity contribution in [2.24, 2.45) is 0 Å². The highest BCUT2D eigenvalue weighted by Gasteiger charge is 2.14. The van der Waals surface area contributed by atoms with Gasteiger partial charge in [-0.3, -0.25) is 0 Å². The number of phenolic OH excluding ortho intramolecular Hbond substituents is 1. The van der Waals surface area contributed by atoms with Crippen LogP contribution in [0.5, 0.6) is 11.5 Å². The summed E-state index contributed by atoms with van der Waals surface area (Å²) in [6.07, 6.45) is 0. The molecule has 0 atom stereocenters. The van der Waals surface area contributed by atoms with Gasteiger partial charge in [-0.25, -0.2) is 9.18 Å². The van der Waals surface area contributed by atoms with Crippen molar-refractivity contribution < 1.29 is 24.1 Å². The summed E-state index contributed by atoms with van der Waals surface area (Å²) in [5, 5.41) is 18.1. The van der Waals surface area contributed by atoms with Crippen LogP contribution in [0.3, 0.4) is 0 Å². The van der Waals surface area contributed by atoms with Crippen LogP contribution in [0, 0.1) is 5.82 Å². The van der Waals surface area contributed by atoms with E-state index in [2.05, 4.69) is 0 Å². The second kappa shape index (κ2) is 4.97. The number of carboxylic acids is 1. The van der Waals surface area contributed by atoms with Crippen molar-refractivity contribution in [3.05, 3.63) is 47.8 Å². The Morgan fingerprint density at radius 2 is 1.89 bits per heavy atom. The van der Waals surface area contributed by atoms with Crippen LogP contribution in [-0.2, 0) is 0 Å². The van der Waals surface area contributed by atoms with Gasteiger partial charge in [0, 0.05) is 17.2 Å². The minimum absolute atomic E-state index is 0.0308. The average Bonchev–Trinajstić information content (AvgIpc) is 2.38. The highest BCUT2D eigenvalue weighted by molar-refractivity contribution is 5.90. The van der Waals surface area contributed by atoms with Crippen LogP contribution in [0.15, 0.2) is 36.4 Å². The van der Waals surface area contributed by atoms with Gasteiger partial charge in [-0.2, -0.15) is 0 Å². The maximum Gasteiger partial charge on any atom is 0.335 e. The molecule has 2 aromatic carbocycles. The zero-order valence-electron chi connectivity index (χ0n) is 10.1. The summed E-state index contributed by atoms with van der Waals surface area (Å²) in [5.41, 5.74) is 0.515. The molecule has 0 radical (unpaired) electrons. The van der Waals surface area contributed by atoms with Crippen molar-refractivity contribution in [3.8, 4) is 22.6 Å². The highest BCUT2D eigenvalue weighted by Crippen LogP contribution is 2.33. The van der Waals surface area contributed by atoms with Crippen LogP contribution in [0.2, 0.25) is 0 Å². The standard InChI is InChI=1S/C14H11FO4/c1-19-13-5-2-8(14(17)18)6-11(13)10-4-3-9(16)7-12(10)15/h2-7,16H,1H3,(H,17,18). The van der Waals surface area contributed by atoms with E-state index in [4.69, 9.17) is 9.84 Å². The van der Waals surface area contributed by atoms with Gasteiger partial charge in [0.1, 0.15) is 17.3 Å². The Bertz CT molecular complexity index is 637. The number of phenols is 1. The Balaban J connectivity index is 2.64. The van der Waals surface area contributed by atoms with Gasteiger partial charge in [0.05, 0.1) is 12.7 Å². The molecule has 5 heteroatoms. The lowest BCUT2D eigenvalue weighted by atomic mass is 10.0. The summed E-state index contributed by atoms with van der Waals surface area (Å²) < 4.78 is 18.9. The number of hydrogen-bond acceptors (Lipinski definition) is 3. The number of carboxylic acid groups (broad SMARTS) is 1. The summed E-state index contributed by atoms with van der Waals surface area (Å²) in [4.78, 5) is 10.9. The average molecular weight is 262 g/mol. The van der Waals surface area contributed by atoms with Crippen molar-refractivity contribution in [2.45, 2.75) is 0 Å². The van der Waals surface area contributed by atoms with Crippen molar-refractivity contribution >= 4 is 5.97 Å². The van der Waals surface area contributed by atoms with Crippen molar-refractivity contribution in [1.29, 1.82) is 0 Å². The van der Waals surface area contributed by atoms with E-state index in [1.807, 2.05) is 0 Å². The van der Waals surface area contributed by atoms with Gasteiger partial charge in [0.15, 0.2) is 0 Å². The second-order valence-electron chi connectivity index (χ2n) is 3.88. The molecule has 98 valence electrons. The maximum absolute atomic E-state index is 13.8. The summed E-state index contributed by atoms with van der Waals surface area (Å²) in [7, 11) is 1.41. The second-order valence-corrected chi connectivity index (χ2v) is 3.88. The number of carbonyl (C=O) groups is 1. The van der Waals surface area contributed by atoms with E-state index in [1.165, 1.54) is 37.4 Å². The van der Waals surface area contributed by atoms with Gasteiger partial charge >= 0.3 is 5.97 Å². The Labute approximate surface area is 108 Å². The normalized spacial score (nSPS) is 10.2. The molecule has 0 aliphatic rings. The fraction of sp³-hybridized carbons (Fsp3) is 0.0714. The zero-order chi connectivity index (χ0) is 14.0. The van der Waals surface area contributed by atoms with Gasteiger partial charge in [-0.1, -0.05) is 0 Å². The zero-order valence-corrected chi connectivity index (χ0v) is 10.1. The van der Waals surface area contributed by atoms with E-state index >= 15 is 0 Å². The van der Waals surface area contributed by atoms with Crippen molar-refractivity contribution in [1.82, 2.24) is 0 Å². The molecule has 2 aromatic rings. The third-order valence-electron chi connectivity index (χ3n) is 2.69. The molecule has 0 aromatic heterocycles. The lowest BCUT2D eigenvalue weighted by Gasteiger charge is -2.10. The predicted octanol–water partition coefficient (Wildman–Crippen LogP) is 2.91. The molecule has 0 aliphatic carbocycles. The summed E-state index contributed by atoms with van der Waals surface area (Å²) >= 11 is 0. The first-order chi connectivity index (χ1) is 9.02. The quantitative estimate of drug-likeness (QED) is 0.892. The third-order valence-corrected chi connectivity index (χ3v) is 2.69. The monoisotopic (exact) mass is 262 g/mol. The molecule has 0 amide bonds. The maximum atomic E-state index is 13.8. The van der Waals surface area contributed by atoms with Gasteiger partial charge < -0.3 is 14.9 Å². The van der Waals surface area contributed by atoms with Crippen LogP contribution in [0.4, 0.5) is 4.39 Å². The first kappa shape index (κ1) is 12.9. The fourth-order valence-electron chi connectivity index (χ4n) is 1.77. The number of halogens is 1. The third kappa shape index (κ3) is 2.49. The van der Waals surface area contributed by atoms with E-state index < -0.39 is 11.8 Å². The molecule has 0 aliphatic heterocycles. The topological polar surface area (TPSA) is 66.8 Å². The lowest BCUT2D eigenvalue weighted by molar-refractivity contribution is 0.0697. The highest BCUT2D eigenvalue weighted by atomic mass is 19.1. The van der Waals surface area contributed by atoms with E-state index in [0.29, 0.717) is 11.3 Å². The molecule has 0 bridgehead atoms. The number of ether oxygens (including phenoxy) is 1. The Morgan fingerprint density at radius 3 is 2.47 bits per heavy atom. The van der Waals surface area contributed by atoms with E-state index in [0.717, 1.165) is 6.07 Å². The van der Waals surface area contributed by atoms with Crippen LogP contribution in [0.1, 0.15) is 10.4 Å². The van der Waals surface area contributed by atoms with E-state index in [-0.39, 0.29) is 16.9 Å². The summed E-state index contributed by atoms with van der Waals surface area (Å²) in [6.45, 7) is 0. The molecule has 0 heterocycles. The van der Waals surface area contributed by atoms with Gasteiger partial charge in [0.2, 0.25) is 0 Å². The number of benzene rings is 2. The number of hydrogen-bond donors (Lipinski definition) is 2.